The third-order valence-corrected chi connectivity index (χ3v) is 4.31. The summed E-state index contributed by atoms with van der Waals surface area (Å²) in [5.74, 6) is -0.500. The summed E-state index contributed by atoms with van der Waals surface area (Å²) in [6.07, 6.45) is 10.2. The van der Waals surface area contributed by atoms with E-state index in [0.717, 1.165) is 5.69 Å². The van der Waals surface area contributed by atoms with Crippen molar-refractivity contribution in [1.82, 2.24) is 9.78 Å². The number of carboxylic acids is 1. The number of hydrogen-bond donors (Lipinski definition) is 1. The SMILES string of the molecule is CC(Cc1c(C2CCCCCC2)cnn1C)C(=O)O. The second kappa shape index (κ2) is 6.22. The fourth-order valence-corrected chi connectivity index (χ4v) is 3.04. The van der Waals surface area contributed by atoms with Gasteiger partial charge in [0.25, 0.3) is 0 Å². The van der Waals surface area contributed by atoms with Gasteiger partial charge in [-0.1, -0.05) is 32.6 Å². The molecule has 19 heavy (non-hydrogen) atoms. The quantitative estimate of drug-likeness (QED) is 0.850. The van der Waals surface area contributed by atoms with Gasteiger partial charge in [-0.15, -0.1) is 0 Å². The van der Waals surface area contributed by atoms with Crippen LogP contribution in [0.25, 0.3) is 0 Å². The Morgan fingerprint density at radius 1 is 1.42 bits per heavy atom. The van der Waals surface area contributed by atoms with E-state index in [1.165, 1.54) is 44.1 Å². The molecule has 1 aliphatic carbocycles. The Balaban J connectivity index is 2.18. The fraction of sp³-hybridized carbons (Fsp3) is 0.733. The molecule has 1 atom stereocenters. The van der Waals surface area contributed by atoms with Gasteiger partial charge in [-0.05, 0) is 24.3 Å². The van der Waals surface area contributed by atoms with E-state index in [2.05, 4.69) is 5.10 Å². The van der Waals surface area contributed by atoms with Gasteiger partial charge in [-0.3, -0.25) is 9.48 Å². The topological polar surface area (TPSA) is 55.1 Å². The van der Waals surface area contributed by atoms with E-state index >= 15 is 0 Å². The normalized spacial score (nSPS) is 19.1. The molecule has 1 unspecified atom stereocenters. The lowest BCUT2D eigenvalue weighted by molar-refractivity contribution is -0.141. The molecular weight excluding hydrogens is 240 g/mol. The minimum Gasteiger partial charge on any atom is -0.481 e. The van der Waals surface area contributed by atoms with Crippen molar-refractivity contribution in [3.63, 3.8) is 0 Å². The molecule has 0 saturated heterocycles. The average molecular weight is 264 g/mol. The molecule has 4 heteroatoms. The van der Waals surface area contributed by atoms with Crippen molar-refractivity contribution in [3.8, 4) is 0 Å². The number of rotatable bonds is 4. The third-order valence-electron chi connectivity index (χ3n) is 4.31. The zero-order valence-corrected chi connectivity index (χ0v) is 11.9. The zero-order chi connectivity index (χ0) is 13.8. The first-order valence-electron chi connectivity index (χ1n) is 7.33. The van der Waals surface area contributed by atoms with Crippen molar-refractivity contribution < 1.29 is 9.90 Å². The molecule has 1 saturated carbocycles. The molecule has 106 valence electrons. The lowest BCUT2D eigenvalue weighted by Gasteiger charge is -2.16. The van der Waals surface area contributed by atoms with E-state index < -0.39 is 5.97 Å². The zero-order valence-electron chi connectivity index (χ0n) is 11.9. The van der Waals surface area contributed by atoms with E-state index in [9.17, 15) is 4.79 Å². The summed E-state index contributed by atoms with van der Waals surface area (Å²) in [6.45, 7) is 1.77. The molecule has 1 fully saturated rings. The summed E-state index contributed by atoms with van der Waals surface area (Å²) < 4.78 is 1.86. The molecule has 1 aromatic heterocycles. The number of carbonyl (C=O) groups is 1. The highest BCUT2D eigenvalue weighted by atomic mass is 16.4. The summed E-state index contributed by atoms with van der Waals surface area (Å²) in [7, 11) is 1.92. The Morgan fingerprint density at radius 3 is 2.63 bits per heavy atom. The van der Waals surface area contributed by atoms with Crippen molar-refractivity contribution in [2.24, 2.45) is 13.0 Å². The van der Waals surface area contributed by atoms with Gasteiger partial charge in [0.1, 0.15) is 0 Å². The average Bonchev–Trinajstić information content (AvgIpc) is 2.60. The number of aliphatic carboxylic acids is 1. The monoisotopic (exact) mass is 264 g/mol. The van der Waals surface area contributed by atoms with Crippen molar-refractivity contribution >= 4 is 5.97 Å². The number of nitrogens with zero attached hydrogens (tertiary/aromatic N) is 2. The van der Waals surface area contributed by atoms with Crippen molar-refractivity contribution in [3.05, 3.63) is 17.5 Å². The molecule has 0 bridgehead atoms. The summed E-state index contributed by atoms with van der Waals surface area (Å²) in [6, 6.07) is 0. The highest BCUT2D eigenvalue weighted by Crippen LogP contribution is 2.33. The Hall–Kier alpha value is -1.32. The van der Waals surface area contributed by atoms with E-state index in [-0.39, 0.29) is 5.92 Å². The molecule has 2 rings (SSSR count). The summed E-state index contributed by atoms with van der Waals surface area (Å²) in [4.78, 5) is 11.0. The van der Waals surface area contributed by atoms with E-state index in [4.69, 9.17) is 5.11 Å². The van der Waals surface area contributed by atoms with Crippen LogP contribution in [0.4, 0.5) is 0 Å². The summed E-state index contributed by atoms with van der Waals surface area (Å²) in [5.41, 5.74) is 2.40. The number of aryl methyl sites for hydroxylation is 1. The van der Waals surface area contributed by atoms with Crippen molar-refractivity contribution in [1.29, 1.82) is 0 Å². The van der Waals surface area contributed by atoms with Gasteiger partial charge < -0.3 is 5.11 Å². The minimum atomic E-state index is -0.729. The molecule has 0 spiro atoms. The molecule has 1 aromatic rings. The Kier molecular flexibility index (Phi) is 4.61. The van der Waals surface area contributed by atoms with Crippen LogP contribution >= 0.6 is 0 Å². The van der Waals surface area contributed by atoms with Gasteiger partial charge >= 0.3 is 5.97 Å². The van der Waals surface area contributed by atoms with Crippen LogP contribution in [0.15, 0.2) is 6.20 Å². The first-order chi connectivity index (χ1) is 9.09. The highest BCUT2D eigenvalue weighted by Gasteiger charge is 2.23. The lowest BCUT2D eigenvalue weighted by Crippen LogP contribution is -2.16. The van der Waals surface area contributed by atoms with Gasteiger partial charge in [-0.25, -0.2) is 0 Å². The maximum atomic E-state index is 11.0. The standard InChI is InChI=1S/C15H24N2O2/c1-11(15(18)19)9-14-13(10-16-17(14)2)12-7-5-3-4-6-8-12/h10-12H,3-9H2,1-2H3,(H,18,19). The Labute approximate surface area is 114 Å². The molecule has 0 aliphatic heterocycles. The minimum absolute atomic E-state index is 0.347. The Bertz CT molecular complexity index is 431. The van der Waals surface area contributed by atoms with E-state index in [1.54, 1.807) is 6.92 Å². The molecule has 0 radical (unpaired) electrons. The predicted octanol–water partition coefficient (Wildman–Crippen LogP) is 3.12. The maximum Gasteiger partial charge on any atom is 0.306 e. The van der Waals surface area contributed by atoms with Gasteiger partial charge in [0.05, 0.1) is 12.1 Å². The first-order valence-corrected chi connectivity index (χ1v) is 7.33. The molecule has 1 N–H and O–H groups in total. The van der Waals surface area contributed by atoms with Gasteiger partial charge in [0.15, 0.2) is 0 Å². The van der Waals surface area contributed by atoms with Crippen LogP contribution in [0.3, 0.4) is 0 Å². The predicted molar refractivity (Wildman–Crippen MR) is 74.2 cm³/mol. The molecule has 0 aromatic carbocycles. The molecule has 4 nitrogen and oxygen atoms in total. The fourth-order valence-electron chi connectivity index (χ4n) is 3.04. The van der Waals surface area contributed by atoms with Gasteiger partial charge in [0, 0.05) is 19.2 Å². The van der Waals surface area contributed by atoms with Gasteiger partial charge in [0.2, 0.25) is 0 Å². The van der Waals surface area contributed by atoms with Crippen LogP contribution in [0.5, 0.6) is 0 Å². The van der Waals surface area contributed by atoms with Crippen LogP contribution < -0.4 is 0 Å². The van der Waals surface area contributed by atoms with Crippen molar-refractivity contribution in [2.45, 2.75) is 57.8 Å². The number of hydrogen-bond acceptors (Lipinski definition) is 2. The van der Waals surface area contributed by atoms with Crippen LogP contribution in [-0.2, 0) is 18.3 Å². The Morgan fingerprint density at radius 2 is 2.05 bits per heavy atom. The van der Waals surface area contributed by atoms with E-state index in [0.29, 0.717) is 12.3 Å². The number of carboxylic acid groups (broad SMARTS) is 1. The molecule has 1 aliphatic rings. The van der Waals surface area contributed by atoms with Crippen molar-refractivity contribution in [2.75, 3.05) is 0 Å². The van der Waals surface area contributed by atoms with Crippen LogP contribution in [0, 0.1) is 5.92 Å². The lowest BCUT2D eigenvalue weighted by atomic mass is 9.89. The smallest absolute Gasteiger partial charge is 0.306 e. The molecule has 0 amide bonds. The second-order valence-electron chi connectivity index (χ2n) is 5.80. The van der Waals surface area contributed by atoms with Crippen LogP contribution in [-0.4, -0.2) is 20.9 Å². The first kappa shape index (κ1) is 14.1. The molecular formula is C15H24N2O2. The largest absolute Gasteiger partial charge is 0.481 e. The maximum absolute atomic E-state index is 11.0. The third kappa shape index (κ3) is 3.37. The second-order valence-corrected chi connectivity index (χ2v) is 5.80. The molecule has 1 heterocycles. The van der Waals surface area contributed by atoms with Gasteiger partial charge in [-0.2, -0.15) is 5.10 Å². The summed E-state index contributed by atoms with van der Waals surface area (Å²) in [5, 5.41) is 13.4. The van der Waals surface area contributed by atoms with Crippen LogP contribution in [0.2, 0.25) is 0 Å². The summed E-state index contributed by atoms with van der Waals surface area (Å²) >= 11 is 0. The highest BCUT2D eigenvalue weighted by molar-refractivity contribution is 5.69. The number of aromatic nitrogens is 2. The van der Waals surface area contributed by atoms with E-state index in [1.807, 2.05) is 17.9 Å². The van der Waals surface area contributed by atoms with Crippen LogP contribution in [0.1, 0.15) is 62.6 Å².